The molecular weight excluding hydrogens is 334 g/mol. The van der Waals surface area contributed by atoms with E-state index in [9.17, 15) is 13.6 Å². The van der Waals surface area contributed by atoms with Gasteiger partial charge in [0.25, 0.3) is 5.91 Å². The zero-order valence-corrected chi connectivity index (χ0v) is 14.2. The van der Waals surface area contributed by atoms with E-state index >= 15 is 0 Å². The van der Waals surface area contributed by atoms with Gasteiger partial charge < -0.3 is 4.90 Å². The smallest absolute Gasteiger partial charge is 0.259 e. The molecule has 0 aliphatic carbocycles. The fourth-order valence-electron chi connectivity index (χ4n) is 3.59. The lowest BCUT2D eigenvalue weighted by Gasteiger charge is -2.32. The van der Waals surface area contributed by atoms with Gasteiger partial charge in [-0.3, -0.25) is 9.78 Å². The van der Waals surface area contributed by atoms with Gasteiger partial charge in [-0.15, -0.1) is 0 Å². The molecule has 0 radical (unpaired) electrons. The third kappa shape index (κ3) is 3.05. The van der Waals surface area contributed by atoms with E-state index < -0.39 is 23.1 Å². The number of benzene rings is 2. The van der Waals surface area contributed by atoms with Gasteiger partial charge in [-0.25, -0.2) is 8.78 Å². The van der Waals surface area contributed by atoms with E-state index in [2.05, 4.69) is 4.98 Å². The van der Waals surface area contributed by atoms with Crippen LogP contribution in [0.1, 0.15) is 34.8 Å². The van der Waals surface area contributed by atoms with Crippen molar-refractivity contribution in [3.8, 4) is 0 Å². The molecule has 1 aliphatic heterocycles. The molecule has 0 bridgehead atoms. The van der Waals surface area contributed by atoms with Gasteiger partial charge in [0.2, 0.25) is 0 Å². The van der Waals surface area contributed by atoms with E-state index in [4.69, 9.17) is 0 Å². The van der Waals surface area contributed by atoms with Gasteiger partial charge in [0, 0.05) is 36.3 Å². The predicted molar refractivity (Wildman–Crippen MR) is 96.0 cm³/mol. The largest absolute Gasteiger partial charge is 0.338 e. The standard InChI is InChI=1S/C21H18F2N2O/c22-17-8-3-9-18(23)20(17)21(26)25-10-4-7-16(13-25)19-11-14-5-1-2-6-15(14)12-24-19/h1-3,5-6,8-9,11-12,16H,4,7,10,13H2/t16-/m0/s1. The Hall–Kier alpha value is -2.82. The van der Waals surface area contributed by atoms with E-state index in [0.717, 1.165) is 41.4 Å². The Morgan fingerprint density at radius 2 is 1.77 bits per heavy atom. The van der Waals surface area contributed by atoms with Crippen LogP contribution in [-0.2, 0) is 0 Å². The SMILES string of the molecule is O=C(c1c(F)cccc1F)N1CCC[C@H](c2cc3ccccc3cn2)C1. The quantitative estimate of drug-likeness (QED) is 0.679. The van der Waals surface area contributed by atoms with Crippen LogP contribution in [0.15, 0.2) is 54.7 Å². The Morgan fingerprint density at radius 1 is 1.04 bits per heavy atom. The highest BCUT2D eigenvalue weighted by Gasteiger charge is 2.29. The Morgan fingerprint density at radius 3 is 2.54 bits per heavy atom. The maximum atomic E-state index is 14.0. The van der Waals surface area contributed by atoms with Gasteiger partial charge in [-0.05, 0) is 36.4 Å². The molecule has 26 heavy (non-hydrogen) atoms. The molecule has 0 spiro atoms. The first-order valence-corrected chi connectivity index (χ1v) is 8.71. The molecule has 1 fully saturated rings. The van der Waals surface area contributed by atoms with Crippen LogP contribution in [0.3, 0.4) is 0 Å². The third-order valence-electron chi connectivity index (χ3n) is 4.96. The number of amides is 1. The van der Waals surface area contributed by atoms with Gasteiger partial charge in [0.05, 0.1) is 0 Å². The zero-order chi connectivity index (χ0) is 18.1. The number of pyridine rings is 1. The first-order chi connectivity index (χ1) is 12.6. The van der Waals surface area contributed by atoms with Crippen LogP contribution in [0.2, 0.25) is 0 Å². The van der Waals surface area contributed by atoms with Crippen molar-refractivity contribution in [1.29, 1.82) is 0 Å². The van der Waals surface area contributed by atoms with E-state index in [1.807, 2.05) is 36.5 Å². The van der Waals surface area contributed by atoms with Gasteiger partial charge >= 0.3 is 0 Å². The van der Waals surface area contributed by atoms with E-state index in [1.54, 1.807) is 0 Å². The molecule has 0 N–H and O–H groups in total. The molecule has 2 aromatic carbocycles. The first-order valence-electron chi connectivity index (χ1n) is 8.71. The lowest BCUT2D eigenvalue weighted by molar-refractivity contribution is 0.0696. The van der Waals surface area contributed by atoms with Gasteiger partial charge in [0.15, 0.2) is 0 Å². The van der Waals surface area contributed by atoms with Crippen LogP contribution in [-0.4, -0.2) is 28.9 Å². The second-order valence-electron chi connectivity index (χ2n) is 6.64. The number of halogens is 2. The Labute approximate surface area is 150 Å². The molecule has 1 saturated heterocycles. The van der Waals surface area contributed by atoms with E-state index in [-0.39, 0.29) is 5.92 Å². The molecule has 1 amide bonds. The fraction of sp³-hybridized carbons (Fsp3) is 0.238. The highest BCUT2D eigenvalue weighted by atomic mass is 19.1. The number of carbonyl (C=O) groups is 1. The monoisotopic (exact) mass is 352 g/mol. The summed E-state index contributed by atoms with van der Waals surface area (Å²) in [5, 5.41) is 2.16. The van der Waals surface area contributed by atoms with Crippen LogP contribution >= 0.6 is 0 Å². The molecule has 4 rings (SSSR count). The molecular formula is C21H18F2N2O. The highest BCUT2D eigenvalue weighted by Crippen LogP contribution is 2.29. The number of rotatable bonds is 2. The van der Waals surface area contributed by atoms with Crippen molar-refractivity contribution in [1.82, 2.24) is 9.88 Å². The highest BCUT2D eigenvalue weighted by molar-refractivity contribution is 5.95. The normalized spacial score (nSPS) is 17.5. The minimum Gasteiger partial charge on any atom is -0.338 e. The topological polar surface area (TPSA) is 33.2 Å². The average molecular weight is 352 g/mol. The summed E-state index contributed by atoms with van der Waals surface area (Å²) in [7, 11) is 0. The molecule has 1 aliphatic rings. The lowest BCUT2D eigenvalue weighted by Crippen LogP contribution is -2.40. The number of carbonyl (C=O) groups excluding carboxylic acids is 1. The van der Waals surface area contributed by atoms with Crippen molar-refractivity contribution in [3.05, 3.63) is 77.6 Å². The predicted octanol–water partition coefficient (Wildman–Crippen LogP) is 4.53. The van der Waals surface area contributed by atoms with Crippen molar-refractivity contribution in [3.63, 3.8) is 0 Å². The van der Waals surface area contributed by atoms with Gasteiger partial charge in [0.1, 0.15) is 17.2 Å². The number of nitrogens with zero attached hydrogens (tertiary/aromatic N) is 2. The molecule has 3 nitrogen and oxygen atoms in total. The molecule has 0 unspecified atom stereocenters. The summed E-state index contributed by atoms with van der Waals surface area (Å²) in [6.07, 6.45) is 3.51. The molecule has 2 heterocycles. The number of hydrogen-bond donors (Lipinski definition) is 0. The summed E-state index contributed by atoms with van der Waals surface area (Å²) in [6, 6.07) is 13.5. The fourth-order valence-corrected chi connectivity index (χ4v) is 3.59. The molecule has 1 aromatic heterocycles. The summed E-state index contributed by atoms with van der Waals surface area (Å²) in [4.78, 5) is 18.7. The summed E-state index contributed by atoms with van der Waals surface area (Å²) >= 11 is 0. The van der Waals surface area contributed by atoms with Gasteiger partial charge in [-0.1, -0.05) is 30.3 Å². The van der Waals surface area contributed by atoms with Crippen molar-refractivity contribution < 1.29 is 13.6 Å². The van der Waals surface area contributed by atoms with Crippen LogP contribution in [0, 0.1) is 11.6 Å². The van der Waals surface area contributed by atoms with E-state index in [1.165, 1.54) is 11.0 Å². The summed E-state index contributed by atoms with van der Waals surface area (Å²) in [6.45, 7) is 0.911. The second-order valence-corrected chi connectivity index (χ2v) is 6.64. The first kappa shape index (κ1) is 16.6. The minimum atomic E-state index is -0.819. The van der Waals surface area contributed by atoms with Crippen LogP contribution in [0.4, 0.5) is 8.78 Å². The van der Waals surface area contributed by atoms with E-state index in [0.29, 0.717) is 13.1 Å². The second kappa shape index (κ2) is 6.83. The maximum absolute atomic E-state index is 14.0. The van der Waals surface area contributed by atoms with Gasteiger partial charge in [-0.2, -0.15) is 0 Å². The minimum absolute atomic E-state index is 0.0622. The third-order valence-corrected chi connectivity index (χ3v) is 4.96. The van der Waals surface area contributed by atoms with Crippen molar-refractivity contribution in [2.24, 2.45) is 0 Å². The Balaban J connectivity index is 1.59. The molecule has 0 saturated carbocycles. The molecule has 3 aromatic rings. The molecule has 132 valence electrons. The summed E-state index contributed by atoms with van der Waals surface area (Å²) in [5.41, 5.74) is 0.440. The summed E-state index contributed by atoms with van der Waals surface area (Å²) in [5.74, 6) is -2.17. The van der Waals surface area contributed by atoms with Crippen LogP contribution in [0.25, 0.3) is 10.8 Å². The van der Waals surface area contributed by atoms with Crippen LogP contribution < -0.4 is 0 Å². The summed E-state index contributed by atoms with van der Waals surface area (Å²) < 4.78 is 27.9. The van der Waals surface area contributed by atoms with Crippen molar-refractivity contribution >= 4 is 16.7 Å². The Kier molecular flexibility index (Phi) is 4.37. The zero-order valence-electron chi connectivity index (χ0n) is 14.2. The maximum Gasteiger partial charge on any atom is 0.259 e. The average Bonchev–Trinajstić information content (AvgIpc) is 2.67. The lowest BCUT2D eigenvalue weighted by atomic mass is 9.93. The number of aromatic nitrogens is 1. The van der Waals surface area contributed by atoms with Crippen molar-refractivity contribution in [2.75, 3.05) is 13.1 Å². The Bertz CT molecular complexity index is 953. The number of fused-ring (bicyclic) bond motifs is 1. The number of likely N-dealkylation sites (tertiary alicyclic amines) is 1. The van der Waals surface area contributed by atoms with Crippen LogP contribution in [0.5, 0.6) is 0 Å². The van der Waals surface area contributed by atoms with Crippen molar-refractivity contribution in [2.45, 2.75) is 18.8 Å². The number of piperidine rings is 1. The molecule has 5 heteroatoms. The molecule has 1 atom stereocenters. The number of hydrogen-bond acceptors (Lipinski definition) is 2.